The Balaban J connectivity index is 1.22. The summed E-state index contributed by atoms with van der Waals surface area (Å²) in [5.41, 5.74) is 3.42. The maximum absolute atomic E-state index is 14.9. The van der Waals surface area contributed by atoms with Crippen molar-refractivity contribution < 1.29 is 24.2 Å². The van der Waals surface area contributed by atoms with Crippen molar-refractivity contribution in [2.24, 2.45) is 5.92 Å². The van der Waals surface area contributed by atoms with E-state index in [9.17, 15) is 19.5 Å². The van der Waals surface area contributed by atoms with E-state index in [0.29, 0.717) is 42.0 Å². The maximum Gasteiger partial charge on any atom is 0.264 e. The van der Waals surface area contributed by atoms with E-state index in [0.717, 1.165) is 16.8 Å². The number of nitrogens with one attached hydrogen (secondary N) is 1. The summed E-state index contributed by atoms with van der Waals surface area (Å²) in [6.45, 7) is 6.51. The van der Waals surface area contributed by atoms with E-state index in [4.69, 9.17) is 4.74 Å². The second-order valence-electron chi connectivity index (χ2n) is 14.1. The Labute approximate surface area is 298 Å². The normalized spacial score (nSPS) is 21.9. The van der Waals surface area contributed by atoms with Gasteiger partial charge in [0.15, 0.2) is 13.9 Å². The third-order valence-corrected chi connectivity index (χ3v) is 12.9. The molecule has 2 aliphatic rings. The molecular formula is C40H43N5O5Si. The van der Waals surface area contributed by atoms with Crippen LogP contribution in [0.4, 0.5) is 11.4 Å². The monoisotopic (exact) mass is 701 g/mol. The number of nitrogens with zero attached hydrogens (tertiary/aromatic N) is 4. The van der Waals surface area contributed by atoms with Crippen LogP contribution in [-0.4, -0.2) is 57.7 Å². The number of hydrogen-bond donors (Lipinski definition) is 3. The summed E-state index contributed by atoms with van der Waals surface area (Å²) >= 11 is 0. The fraction of sp³-hybridized carbons (Fsp3) is 0.300. The first-order valence-corrected chi connectivity index (χ1v) is 20.5. The highest BCUT2D eigenvalue weighted by Crippen LogP contribution is 2.60. The molecule has 1 spiro atoms. The van der Waals surface area contributed by atoms with Crippen molar-refractivity contribution in [1.82, 2.24) is 15.0 Å². The number of rotatable bonds is 11. The van der Waals surface area contributed by atoms with E-state index >= 15 is 0 Å². The summed E-state index contributed by atoms with van der Waals surface area (Å²) in [6, 6.07) is 34.1. The molecule has 1 aromatic heterocycles. The molecule has 10 nitrogen and oxygen atoms in total. The van der Waals surface area contributed by atoms with Crippen LogP contribution in [0.1, 0.15) is 52.0 Å². The number of fused-ring (bicyclic) bond motifs is 2. The standard InChI is InChI=1S/C40H43N5O5Si/c1-27-37(51(2,3)49)36(21-22-44-25-34(42-43-44)32(26-46)29-15-9-5-10-16-29)50-40(27)33-23-31(41-38(47)30-17-11-6-12-18-30)19-20-35(33)45(39(40)48)24-28-13-7-4-8-14-28/h4-20,23,25,27,32,36-37,46,49H,21-22,24,26H2,1-3H3,(H,41,47)/t27-,32?,36+,37-,40+/m1/s1. The molecule has 2 amide bonds. The number of carbonyl (C=O) groups is 2. The highest BCUT2D eigenvalue weighted by molar-refractivity contribution is 6.71. The molecule has 11 heteroatoms. The second-order valence-corrected chi connectivity index (χ2v) is 18.1. The summed E-state index contributed by atoms with van der Waals surface area (Å²) in [4.78, 5) is 41.6. The quantitative estimate of drug-likeness (QED) is 0.142. The number of anilines is 2. The Morgan fingerprint density at radius 2 is 1.65 bits per heavy atom. The van der Waals surface area contributed by atoms with Gasteiger partial charge in [-0.25, -0.2) is 0 Å². The number of aliphatic hydroxyl groups excluding tert-OH is 1. The molecule has 3 N–H and O–H groups in total. The number of carbonyl (C=O) groups excluding carboxylic acids is 2. The van der Waals surface area contributed by atoms with Crippen LogP contribution < -0.4 is 10.2 Å². The lowest BCUT2D eigenvalue weighted by Crippen LogP contribution is -2.46. The van der Waals surface area contributed by atoms with Crippen LogP contribution in [0, 0.1) is 5.92 Å². The lowest BCUT2D eigenvalue weighted by molar-refractivity contribution is -0.146. The van der Waals surface area contributed by atoms with E-state index in [1.54, 1.807) is 21.7 Å². The lowest BCUT2D eigenvalue weighted by atomic mass is 9.82. The minimum atomic E-state index is -2.92. The predicted octanol–water partition coefficient (Wildman–Crippen LogP) is 6.09. The first-order chi connectivity index (χ1) is 24.6. The average Bonchev–Trinajstić information content (AvgIpc) is 3.79. The maximum atomic E-state index is 14.9. The summed E-state index contributed by atoms with van der Waals surface area (Å²) in [7, 11) is -2.92. The number of benzene rings is 4. The van der Waals surface area contributed by atoms with Crippen LogP contribution in [0.15, 0.2) is 115 Å². The molecule has 0 aliphatic carbocycles. The van der Waals surface area contributed by atoms with Crippen LogP contribution in [-0.2, 0) is 28.2 Å². The molecule has 262 valence electrons. The highest BCUT2D eigenvalue weighted by atomic mass is 28.4. The molecule has 1 fully saturated rings. The van der Waals surface area contributed by atoms with E-state index in [1.165, 1.54) is 0 Å². The summed E-state index contributed by atoms with van der Waals surface area (Å²) in [5, 5.41) is 22.0. The first kappa shape index (κ1) is 34.5. The summed E-state index contributed by atoms with van der Waals surface area (Å²) in [5.74, 6) is -1.10. The van der Waals surface area contributed by atoms with Crippen molar-refractivity contribution in [3.63, 3.8) is 0 Å². The van der Waals surface area contributed by atoms with E-state index in [-0.39, 0.29) is 35.8 Å². The van der Waals surface area contributed by atoms with Crippen LogP contribution in [0.5, 0.6) is 0 Å². The highest BCUT2D eigenvalue weighted by Gasteiger charge is 2.66. The Morgan fingerprint density at radius 1 is 0.980 bits per heavy atom. The molecule has 1 unspecified atom stereocenters. The SMILES string of the molecule is C[C@@H]1[C@@H]([Si](C)(C)O)[C@H](CCn2cc(C(CO)c3ccccc3)nn2)O[C@@]12C(=O)N(Cc1ccccc1)c1ccc(NC(=O)c3ccccc3)cc12. The van der Waals surface area contributed by atoms with Gasteiger partial charge in [0.2, 0.25) is 0 Å². The number of ether oxygens (including phenoxy) is 1. The third kappa shape index (κ3) is 6.54. The van der Waals surface area contributed by atoms with Gasteiger partial charge < -0.3 is 24.9 Å². The molecule has 0 radical (unpaired) electrons. The molecule has 2 aliphatic heterocycles. The number of aryl methyl sites for hydroxylation is 1. The van der Waals surface area contributed by atoms with E-state index in [2.05, 4.69) is 15.6 Å². The van der Waals surface area contributed by atoms with Gasteiger partial charge in [-0.05, 0) is 61.0 Å². The Morgan fingerprint density at radius 3 is 2.31 bits per heavy atom. The van der Waals surface area contributed by atoms with Gasteiger partial charge in [0.25, 0.3) is 11.8 Å². The van der Waals surface area contributed by atoms with Crippen LogP contribution in [0.3, 0.4) is 0 Å². The van der Waals surface area contributed by atoms with Gasteiger partial charge in [0.1, 0.15) is 0 Å². The van der Waals surface area contributed by atoms with Crippen LogP contribution >= 0.6 is 0 Å². The molecule has 0 saturated carbocycles. The number of aliphatic hydroxyl groups is 1. The van der Waals surface area contributed by atoms with Crippen molar-refractivity contribution in [3.05, 3.63) is 143 Å². The fourth-order valence-electron chi connectivity index (χ4n) is 8.04. The van der Waals surface area contributed by atoms with Crippen molar-refractivity contribution >= 4 is 31.5 Å². The van der Waals surface area contributed by atoms with Crippen molar-refractivity contribution in [3.8, 4) is 0 Å². The zero-order valence-corrected chi connectivity index (χ0v) is 30.0. The second kappa shape index (κ2) is 14.0. The summed E-state index contributed by atoms with van der Waals surface area (Å²) in [6.07, 6.45) is 1.87. The Hall–Kier alpha value is -4.94. The molecule has 7 rings (SSSR count). The van der Waals surface area contributed by atoms with Gasteiger partial charge in [-0.3, -0.25) is 14.3 Å². The number of hydrogen-bond acceptors (Lipinski definition) is 7. The molecule has 5 aromatic rings. The topological polar surface area (TPSA) is 130 Å². The van der Waals surface area contributed by atoms with Crippen molar-refractivity contribution in [2.45, 2.75) is 62.7 Å². The van der Waals surface area contributed by atoms with Crippen LogP contribution in [0.25, 0.3) is 0 Å². The zero-order valence-electron chi connectivity index (χ0n) is 29.0. The summed E-state index contributed by atoms with van der Waals surface area (Å²) < 4.78 is 8.79. The van der Waals surface area contributed by atoms with Crippen molar-refractivity contribution in [1.29, 1.82) is 0 Å². The molecule has 0 bridgehead atoms. The molecule has 5 atom stereocenters. The molecule has 1 saturated heterocycles. The molecule has 3 heterocycles. The minimum absolute atomic E-state index is 0.102. The van der Waals surface area contributed by atoms with E-state index < -0.39 is 20.0 Å². The average molecular weight is 702 g/mol. The van der Waals surface area contributed by atoms with Gasteiger partial charge >= 0.3 is 0 Å². The van der Waals surface area contributed by atoms with Gasteiger partial charge in [0, 0.05) is 41.0 Å². The van der Waals surface area contributed by atoms with E-state index in [1.807, 2.05) is 123 Å². The number of aromatic nitrogens is 3. The van der Waals surface area contributed by atoms with Crippen molar-refractivity contribution in [2.75, 3.05) is 16.8 Å². The van der Waals surface area contributed by atoms with Gasteiger partial charge in [-0.2, -0.15) is 0 Å². The Bertz CT molecular complexity index is 2000. The lowest BCUT2D eigenvalue weighted by Gasteiger charge is -2.32. The first-order valence-electron chi connectivity index (χ1n) is 17.4. The third-order valence-electron chi connectivity index (χ3n) is 10.4. The smallest absolute Gasteiger partial charge is 0.264 e. The molecule has 51 heavy (non-hydrogen) atoms. The van der Waals surface area contributed by atoms with Crippen LogP contribution in [0.2, 0.25) is 18.6 Å². The molecule has 4 aromatic carbocycles. The number of amides is 2. The molecular weight excluding hydrogens is 659 g/mol. The predicted molar refractivity (Wildman–Crippen MR) is 198 cm³/mol. The van der Waals surface area contributed by atoms with Gasteiger partial charge in [-0.1, -0.05) is 91.0 Å². The van der Waals surface area contributed by atoms with Gasteiger partial charge in [0.05, 0.1) is 36.6 Å². The largest absolute Gasteiger partial charge is 0.432 e. The Kier molecular flexibility index (Phi) is 9.47. The fourth-order valence-corrected chi connectivity index (χ4v) is 10.6. The van der Waals surface area contributed by atoms with Gasteiger partial charge in [-0.15, -0.1) is 5.10 Å². The minimum Gasteiger partial charge on any atom is -0.432 e. The zero-order chi connectivity index (χ0) is 35.8.